The summed E-state index contributed by atoms with van der Waals surface area (Å²) in [5.74, 6) is 6.59. The number of rotatable bonds is 3. The first-order chi connectivity index (χ1) is 12.7. The Morgan fingerprint density at radius 2 is 2.04 bits per heavy atom. The van der Waals surface area contributed by atoms with E-state index in [2.05, 4.69) is 17.2 Å². The Morgan fingerprint density at radius 3 is 2.77 bits per heavy atom. The number of halogens is 1. The fraction of sp³-hybridized carbons (Fsp3) is 0.333. The van der Waals surface area contributed by atoms with E-state index in [1.165, 1.54) is 0 Å². The van der Waals surface area contributed by atoms with Gasteiger partial charge in [-0.1, -0.05) is 12.0 Å². The van der Waals surface area contributed by atoms with Crippen LogP contribution in [0.15, 0.2) is 47.1 Å². The Morgan fingerprint density at radius 1 is 1.23 bits per heavy atom. The highest BCUT2D eigenvalue weighted by atomic mass is 19.1. The first kappa shape index (κ1) is 16.7. The van der Waals surface area contributed by atoms with Crippen LogP contribution in [0.25, 0.3) is 16.7 Å². The molecule has 0 radical (unpaired) electrons. The molecule has 3 aromatic rings. The topological polar surface area (TPSA) is 33.3 Å². The molecular weight excluding hydrogens is 329 g/mol. The van der Waals surface area contributed by atoms with Gasteiger partial charge in [0.1, 0.15) is 11.9 Å². The lowest BCUT2D eigenvalue weighted by molar-refractivity contribution is 0.149. The van der Waals surface area contributed by atoms with Crippen LogP contribution >= 0.6 is 0 Å². The quantitative estimate of drug-likeness (QED) is 0.723. The van der Waals surface area contributed by atoms with Gasteiger partial charge in [-0.25, -0.2) is 4.39 Å². The van der Waals surface area contributed by atoms with Crippen LogP contribution in [0.5, 0.6) is 0 Å². The Labute approximate surface area is 152 Å². The van der Waals surface area contributed by atoms with E-state index in [9.17, 15) is 4.39 Å². The Hall–Kier alpha value is -2.71. The van der Waals surface area contributed by atoms with Crippen LogP contribution in [0.1, 0.15) is 19.1 Å². The number of likely N-dealkylation sites (tertiary alicyclic amines) is 1. The van der Waals surface area contributed by atoms with E-state index in [4.69, 9.17) is 4.42 Å². The van der Waals surface area contributed by atoms with Gasteiger partial charge in [-0.3, -0.25) is 0 Å². The van der Waals surface area contributed by atoms with Crippen LogP contribution in [-0.2, 0) is 0 Å². The summed E-state index contributed by atoms with van der Waals surface area (Å²) in [6, 6.07) is 9.66. The van der Waals surface area contributed by atoms with Crippen molar-refractivity contribution in [3.05, 3.63) is 48.5 Å². The zero-order valence-corrected chi connectivity index (χ0v) is 15.0. The molecule has 0 aliphatic carbocycles. The number of hydrogen-bond acceptors (Lipinski definition) is 3. The molecule has 0 bridgehead atoms. The second kappa shape index (κ2) is 6.89. The van der Waals surface area contributed by atoms with Gasteiger partial charge in [-0.05, 0) is 50.6 Å². The molecule has 1 aromatic carbocycles. The van der Waals surface area contributed by atoms with Crippen molar-refractivity contribution in [2.45, 2.75) is 25.6 Å². The van der Waals surface area contributed by atoms with Crippen molar-refractivity contribution in [3.63, 3.8) is 0 Å². The summed E-state index contributed by atoms with van der Waals surface area (Å²) in [7, 11) is 1.95. The van der Waals surface area contributed by atoms with E-state index in [1.807, 2.05) is 59.2 Å². The highest BCUT2D eigenvalue weighted by Crippen LogP contribution is 2.34. The molecule has 4 rings (SSSR count). The monoisotopic (exact) mass is 351 g/mol. The van der Waals surface area contributed by atoms with Gasteiger partial charge in [0, 0.05) is 30.9 Å². The van der Waals surface area contributed by atoms with E-state index in [-0.39, 0.29) is 6.04 Å². The molecule has 0 amide bonds. The SMILES string of the molecule is CC#Cc1oc2c(NC3CCN(C)CC3F)cccc2c1-n1cccc1. The number of aromatic nitrogens is 1. The third-order valence-corrected chi connectivity index (χ3v) is 4.88. The molecule has 5 heteroatoms. The summed E-state index contributed by atoms with van der Waals surface area (Å²) in [5, 5.41) is 4.33. The minimum Gasteiger partial charge on any atom is -0.443 e. The van der Waals surface area contributed by atoms with E-state index < -0.39 is 6.17 Å². The van der Waals surface area contributed by atoms with Gasteiger partial charge in [0.2, 0.25) is 5.76 Å². The normalized spacial score (nSPS) is 20.7. The maximum absolute atomic E-state index is 14.5. The number of piperidine rings is 1. The predicted octanol–water partition coefficient (Wildman–Crippen LogP) is 4.05. The number of nitrogens with zero attached hydrogens (tertiary/aromatic N) is 2. The lowest BCUT2D eigenvalue weighted by Crippen LogP contribution is -2.46. The fourth-order valence-corrected chi connectivity index (χ4v) is 3.58. The van der Waals surface area contributed by atoms with E-state index >= 15 is 0 Å². The Balaban J connectivity index is 1.77. The largest absolute Gasteiger partial charge is 0.443 e. The van der Waals surface area contributed by atoms with Crippen molar-refractivity contribution in [1.29, 1.82) is 0 Å². The summed E-state index contributed by atoms with van der Waals surface area (Å²) in [6.07, 6.45) is 3.80. The minimum absolute atomic E-state index is 0.211. The summed E-state index contributed by atoms with van der Waals surface area (Å²) in [6.45, 7) is 3.12. The van der Waals surface area contributed by atoms with Crippen molar-refractivity contribution in [2.75, 3.05) is 25.5 Å². The number of benzene rings is 1. The summed E-state index contributed by atoms with van der Waals surface area (Å²) >= 11 is 0. The third kappa shape index (κ3) is 2.97. The number of furan rings is 1. The second-order valence-electron chi connectivity index (χ2n) is 6.75. The molecule has 26 heavy (non-hydrogen) atoms. The molecule has 1 saturated heterocycles. The van der Waals surface area contributed by atoms with Gasteiger partial charge in [0.25, 0.3) is 0 Å². The van der Waals surface area contributed by atoms with Gasteiger partial charge in [0.15, 0.2) is 5.58 Å². The molecule has 1 fully saturated rings. The van der Waals surface area contributed by atoms with Gasteiger partial charge >= 0.3 is 0 Å². The van der Waals surface area contributed by atoms with Crippen LogP contribution in [-0.4, -0.2) is 41.8 Å². The molecule has 0 spiro atoms. The van der Waals surface area contributed by atoms with Crippen molar-refractivity contribution in [3.8, 4) is 17.5 Å². The molecule has 1 aliphatic heterocycles. The molecule has 1 aliphatic rings. The lowest BCUT2D eigenvalue weighted by atomic mass is 10.0. The van der Waals surface area contributed by atoms with Crippen LogP contribution in [0.4, 0.5) is 10.1 Å². The zero-order valence-electron chi connectivity index (χ0n) is 15.0. The number of para-hydroxylation sites is 1. The minimum atomic E-state index is -0.905. The number of nitrogens with one attached hydrogen (secondary N) is 1. The average molecular weight is 351 g/mol. The molecule has 2 unspecified atom stereocenters. The fourth-order valence-electron chi connectivity index (χ4n) is 3.58. The van der Waals surface area contributed by atoms with E-state index in [0.29, 0.717) is 12.3 Å². The third-order valence-electron chi connectivity index (χ3n) is 4.88. The first-order valence-electron chi connectivity index (χ1n) is 8.88. The highest BCUT2D eigenvalue weighted by Gasteiger charge is 2.28. The van der Waals surface area contributed by atoms with Crippen molar-refractivity contribution in [2.24, 2.45) is 0 Å². The van der Waals surface area contributed by atoms with E-state index in [0.717, 1.165) is 35.3 Å². The van der Waals surface area contributed by atoms with Gasteiger partial charge < -0.3 is 19.2 Å². The van der Waals surface area contributed by atoms with Crippen LogP contribution in [0, 0.1) is 11.8 Å². The zero-order chi connectivity index (χ0) is 18.1. The van der Waals surface area contributed by atoms with Gasteiger partial charge in [0.05, 0.1) is 11.7 Å². The molecule has 4 nitrogen and oxygen atoms in total. The summed E-state index contributed by atoms with van der Waals surface area (Å²) in [4.78, 5) is 2.02. The molecule has 2 atom stereocenters. The molecule has 2 aromatic heterocycles. The summed E-state index contributed by atoms with van der Waals surface area (Å²) < 4.78 is 22.6. The Kier molecular flexibility index (Phi) is 4.44. The molecule has 3 heterocycles. The standard InChI is InChI=1S/C21H22FN3O/c1-3-7-19-20(25-11-4-5-12-25)15-8-6-9-18(21(15)26-19)23-17-10-13-24(2)14-16(17)22/h4-6,8-9,11-12,16-17,23H,10,13-14H2,1-2H3. The predicted molar refractivity (Wildman–Crippen MR) is 103 cm³/mol. The number of hydrogen-bond donors (Lipinski definition) is 1. The maximum Gasteiger partial charge on any atom is 0.202 e. The second-order valence-corrected chi connectivity index (χ2v) is 6.75. The van der Waals surface area contributed by atoms with Crippen molar-refractivity contribution in [1.82, 2.24) is 9.47 Å². The number of anilines is 1. The van der Waals surface area contributed by atoms with E-state index in [1.54, 1.807) is 6.92 Å². The molecular formula is C21H22FN3O. The average Bonchev–Trinajstić information content (AvgIpc) is 3.25. The number of alkyl halides is 1. The maximum atomic E-state index is 14.5. The van der Waals surface area contributed by atoms with Crippen LogP contribution < -0.4 is 5.32 Å². The van der Waals surface area contributed by atoms with Crippen molar-refractivity contribution < 1.29 is 8.81 Å². The van der Waals surface area contributed by atoms with Crippen molar-refractivity contribution >= 4 is 16.7 Å². The Bertz CT molecular complexity index is 964. The van der Waals surface area contributed by atoms with Crippen LogP contribution in [0.3, 0.4) is 0 Å². The first-order valence-corrected chi connectivity index (χ1v) is 8.88. The smallest absolute Gasteiger partial charge is 0.202 e. The number of fused-ring (bicyclic) bond motifs is 1. The highest BCUT2D eigenvalue weighted by molar-refractivity contribution is 5.97. The summed E-state index contributed by atoms with van der Waals surface area (Å²) in [5.41, 5.74) is 2.46. The molecule has 134 valence electrons. The van der Waals surface area contributed by atoms with Gasteiger partial charge in [-0.15, -0.1) is 0 Å². The molecule has 0 saturated carbocycles. The lowest BCUT2D eigenvalue weighted by Gasteiger charge is -2.33. The molecule has 1 N–H and O–H groups in total. The van der Waals surface area contributed by atoms with Crippen LogP contribution in [0.2, 0.25) is 0 Å². The van der Waals surface area contributed by atoms with Gasteiger partial charge in [-0.2, -0.15) is 0 Å².